The first kappa shape index (κ1) is 18.9. The van der Waals surface area contributed by atoms with Crippen molar-refractivity contribution in [2.24, 2.45) is 5.73 Å². The number of aromatic nitrogens is 2. The summed E-state index contributed by atoms with van der Waals surface area (Å²) in [6.45, 7) is 3.94. The summed E-state index contributed by atoms with van der Waals surface area (Å²) in [6.07, 6.45) is 6.05. The number of nitrogen functional groups attached to an aromatic ring is 1. The third-order valence-corrected chi connectivity index (χ3v) is 5.53. The fourth-order valence-electron chi connectivity index (χ4n) is 3.61. The van der Waals surface area contributed by atoms with Crippen molar-refractivity contribution in [1.82, 2.24) is 14.5 Å². The van der Waals surface area contributed by atoms with Crippen LogP contribution in [0.3, 0.4) is 0 Å². The summed E-state index contributed by atoms with van der Waals surface area (Å²) < 4.78 is 1.44. The van der Waals surface area contributed by atoms with Gasteiger partial charge in [-0.1, -0.05) is 24.6 Å². The minimum Gasteiger partial charge on any atom is -0.383 e. The molecule has 1 fully saturated rings. The normalized spacial score (nSPS) is 20.5. The van der Waals surface area contributed by atoms with Gasteiger partial charge in [-0.2, -0.15) is 4.98 Å². The molecule has 1 saturated carbocycles. The van der Waals surface area contributed by atoms with Gasteiger partial charge in [-0.05, 0) is 56.0 Å². The summed E-state index contributed by atoms with van der Waals surface area (Å²) in [4.78, 5) is 18.2. The van der Waals surface area contributed by atoms with Gasteiger partial charge < -0.3 is 11.5 Å². The smallest absolute Gasteiger partial charge is 0.354 e. The lowest BCUT2D eigenvalue weighted by molar-refractivity contribution is 0.149. The van der Waals surface area contributed by atoms with Crippen LogP contribution in [0.4, 0.5) is 5.82 Å². The van der Waals surface area contributed by atoms with Crippen molar-refractivity contribution in [3.05, 3.63) is 51.5 Å². The molecule has 7 heteroatoms. The van der Waals surface area contributed by atoms with Crippen LogP contribution in [0.5, 0.6) is 0 Å². The standard InChI is InChI=1S/C19H26ClN5O/c1-2-24(15-7-4-14(21)5-8-15)12-13-3-6-16(11-17(13)20)25-10-9-18(22)23-19(25)26/h3,6,9-11,14-15H,2,4-5,7-8,12,21H2,1H3,(H2,22,23,26)/t14-,15-. The second-order valence-electron chi connectivity index (χ2n) is 6.91. The van der Waals surface area contributed by atoms with E-state index in [1.807, 2.05) is 12.1 Å². The van der Waals surface area contributed by atoms with E-state index in [0.29, 0.717) is 22.8 Å². The van der Waals surface area contributed by atoms with E-state index in [1.54, 1.807) is 18.3 Å². The van der Waals surface area contributed by atoms with E-state index in [2.05, 4.69) is 16.8 Å². The van der Waals surface area contributed by atoms with Crippen LogP contribution < -0.4 is 17.2 Å². The van der Waals surface area contributed by atoms with Gasteiger partial charge in [0.2, 0.25) is 0 Å². The van der Waals surface area contributed by atoms with Gasteiger partial charge in [0.25, 0.3) is 0 Å². The first-order valence-corrected chi connectivity index (χ1v) is 9.49. The molecule has 0 atom stereocenters. The van der Waals surface area contributed by atoms with E-state index < -0.39 is 5.69 Å². The molecule has 0 amide bonds. The van der Waals surface area contributed by atoms with Crippen LogP contribution in [-0.2, 0) is 6.54 Å². The molecule has 1 aromatic heterocycles. The molecule has 1 aliphatic carbocycles. The minimum atomic E-state index is -0.414. The zero-order valence-electron chi connectivity index (χ0n) is 15.1. The highest BCUT2D eigenvalue weighted by atomic mass is 35.5. The largest absolute Gasteiger partial charge is 0.383 e. The van der Waals surface area contributed by atoms with Crippen LogP contribution in [0, 0.1) is 0 Å². The molecule has 1 aromatic carbocycles. The summed E-state index contributed by atoms with van der Waals surface area (Å²) in [7, 11) is 0. The summed E-state index contributed by atoms with van der Waals surface area (Å²) in [5.41, 5.74) is 12.9. The van der Waals surface area contributed by atoms with Crippen molar-refractivity contribution in [2.75, 3.05) is 12.3 Å². The highest BCUT2D eigenvalue weighted by Crippen LogP contribution is 2.26. The third kappa shape index (κ3) is 4.26. The van der Waals surface area contributed by atoms with Gasteiger partial charge >= 0.3 is 5.69 Å². The first-order chi connectivity index (χ1) is 12.5. The Bertz CT molecular complexity index is 814. The number of anilines is 1. The lowest BCUT2D eigenvalue weighted by Gasteiger charge is -2.35. The van der Waals surface area contributed by atoms with Gasteiger partial charge in [-0.25, -0.2) is 4.79 Å². The summed E-state index contributed by atoms with van der Waals surface area (Å²) >= 11 is 6.52. The number of nitrogens with zero attached hydrogens (tertiary/aromatic N) is 3. The highest BCUT2D eigenvalue weighted by molar-refractivity contribution is 6.31. The van der Waals surface area contributed by atoms with Gasteiger partial charge in [0.1, 0.15) is 5.82 Å². The van der Waals surface area contributed by atoms with Gasteiger partial charge in [0.05, 0.1) is 5.69 Å². The van der Waals surface area contributed by atoms with Crippen LogP contribution in [0.25, 0.3) is 5.69 Å². The van der Waals surface area contributed by atoms with E-state index in [-0.39, 0.29) is 5.82 Å². The molecular formula is C19H26ClN5O. The highest BCUT2D eigenvalue weighted by Gasteiger charge is 2.23. The molecule has 0 spiro atoms. The zero-order chi connectivity index (χ0) is 18.7. The average molecular weight is 376 g/mol. The third-order valence-electron chi connectivity index (χ3n) is 5.18. The van der Waals surface area contributed by atoms with Crippen molar-refractivity contribution < 1.29 is 0 Å². The Hall–Kier alpha value is -1.89. The van der Waals surface area contributed by atoms with Crippen LogP contribution in [0.1, 0.15) is 38.2 Å². The summed E-state index contributed by atoms with van der Waals surface area (Å²) in [6, 6.07) is 8.18. The maximum atomic E-state index is 12.0. The molecule has 1 aliphatic rings. The number of hydrogen-bond donors (Lipinski definition) is 2. The Balaban J connectivity index is 1.77. The molecular weight excluding hydrogens is 350 g/mol. The van der Waals surface area contributed by atoms with E-state index in [4.69, 9.17) is 23.1 Å². The molecule has 0 unspecified atom stereocenters. The molecule has 3 rings (SSSR count). The SMILES string of the molecule is CCN(Cc1ccc(-n2ccc(N)nc2=O)cc1Cl)[C@H]1CC[C@H](N)CC1. The fourth-order valence-corrected chi connectivity index (χ4v) is 3.85. The summed E-state index contributed by atoms with van der Waals surface area (Å²) in [5, 5.41) is 0.650. The van der Waals surface area contributed by atoms with Crippen LogP contribution in [-0.4, -0.2) is 33.1 Å². The Morgan fingerprint density at radius 1 is 1.27 bits per heavy atom. The van der Waals surface area contributed by atoms with Gasteiger partial charge in [0, 0.05) is 29.8 Å². The van der Waals surface area contributed by atoms with Gasteiger partial charge in [-0.15, -0.1) is 0 Å². The first-order valence-electron chi connectivity index (χ1n) is 9.11. The van der Waals surface area contributed by atoms with Crippen LogP contribution in [0.2, 0.25) is 5.02 Å². The number of nitrogens with two attached hydrogens (primary N) is 2. The topological polar surface area (TPSA) is 90.2 Å². The summed E-state index contributed by atoms with van der Waals surface area (Å²) in [5.74, 6) is 0.208. The van der Waals surface area contributed by atoms with E-state index in [1.165, 1.54) is 4.57 Å². The lowest BCUT2D eigenvalue weighted by atomic mass is 9.90. The average Bonchev–Trinajstić information content (AvgIpc) is 2.62. The second kappa shape index (κ2) is 8.20. The number of hydrogen-bond acceptors (Lipinski definition) is 5. The molecule has 26 heavy (non-hydrogen) atoms. The second-order valence-corrected chi connectivity index (χ2v) is 7.32. The Labute approximate surface area is 158 Å². The van der Waals surface area contributed by atoms with Crippen molar-refractivity contribution >= 4 is 17.4 Å². The minimum absolute atomic E-state index is 0.208. The number of halogens is 1. The van der Waals surface area contributed by atoms with Crippen molar-refractivity contribution in [1.29, 1.82) is 0 Å². The molecule has 2 aromatic rings. The maximum Gasteiger partial charge on any atom is 0.354 e. The van der Waals surface area contributed by atoms with Crippen LogP contribution in [0.15, 0.2) is 35.3 Å². The molecule has 0 saturated heterocycles. The van der Waals surface area contributed by atoms with Gasteiger partial charge in [-0.3, -0.25) is 9.47 Å². The predicted molar refractivity (Wildman–Crippen MR) is 106 cm³/mol. The molecule has 0 radical (unpaired) electrons. The van der Waals surface area contributed by atoms with Crippen molar-refractivity contribution in [3.63, 3.8) is 0 Å². The van der Waals surface area contributed by atoms with E-state index in [0.717, 1.165) is 44.3 Å². The quantitative estimate of drug-likeness (QED) is 0.838. The predicted octanol–water partition coefficient (Wildman–Crippen LogP) is 2.56. The molecule has 1 heterocycles. The van der Waals surface area contributed by atoms with E-state index in [9.17, 15) is 4.79 Å². The Kier molecular flexibility index (Phi) is 5.96. The van der Waals surface area contributed by atoms with Gasteiger partial charge in [0.15, 0.2) is 0 Å². The van der Waals surface area contributed by atoms with Crippen LogP contribution >= 0.6 is 11.6 Å². The van der Waals surface area contributed by atoms with Crippen molar-refractivity contribution in [3.8, 4) is 5.69 Å². The fraction of sp³-hybridized carbons (Fsp3) is 0.474. The van der Waals surface area contributed by atoms with Crippen molar-refractivity contribution in [2.45, 2.75) is 51.2 Å². The molecule has 0 aliphatic heterocycles. The molecule has 0 bridgehead atoms. The Morgan fingerprint density at radius 2 is 2.00 bits per heavy atom. The lowest BCUT2D eigenvalue weighted by Crippen LogP contribution is -2.40. The number of rotatable bonds is 5. The monoisotopic (exact) mass is 375 g/mol. The molecule has 4 N–H and O–H groups in total. The number of benzene rings is 1. The zero-order valence-corrected chi connectivity index (χ0v) is 15.8. The van der Waals surface area contributed by atoms with E-state index >= 15 is 0 Å². The molecule has 6 nitrogen and oxygen atoms in total. The Morgan fingerprint density at radius 3 is 2.62 bits per heavy atom. The molecule has 140 valence electrons. The maximum absolute atomic E-state index is 12.0.